The number of rotatable bonds is 1. The van der Waals surface area contributed by atoms with Crippen LogP contribution < -0.4 is 0 Å². The molecule has 0 saturated heterocycles. The monoisotopic (exact) mass is 124 g/mol. The Morgan fingerprint density at radius 1 is 1.44 bits per heavy atom. The summed E-state index contributed by atoms with van der Waals surface area (Å²) in [6.45, 7) is 3.84. The maximum Gasteiger partial charge on any atom is 0.136 e. The molecule has 1 spiro atoms. The van der Waals surface area contributed by atoms with E-state index in [1.54, 1.807) is 6.92 Å². The highest BCUT2D eigenvalue weighted by atomic mass is 16.1. The lowest BCUT2D eigenvalue weighted by Gasteiger charge is -2.01. The molecule has 2 aliphatic rings. The van der Waals surface area contributed by atoms with Gasteiger partial charge in [0.15, 0.2) is 0 Å². The molecule has 9 heavy (non-hydrogen) atoms. The normalized spacial score (nSPS) is 42.9. The van der Waals surface area contributed by atoms with Crippen LogP contribution in [0.25, 0.3) is 0 Å². The SMILES string of the molecule is CC(=O)C1(C)CC12CC2. The molecule has 2 fully saturated rings. The molecule has 2 rings (SSSR count). The van der Waals surface area contributed by atoms with Crippen molar-refractivity contribution in [2.75, 3.05) is 0 Å². The smallest absolute Gasteiger partial charge is 0.136 e. The fourth-order valence-electron chi connectivity index (χ4n) is 2.01. The molecule has 0 aromatic carbocycles. The molecule has 0 aromatic heterocycles. The van der Waals surface area contributed by atoms with Crippen LogP contribution in [0, 0.1) is 10.8 Å². The van der Waals surface area contributed by atoms with Gasteiger partial charge in [0.25, 0.3) is 0 Å². The van der Waals surface area contributed by atoms with E-state index in [4.69, 9.17) is 0 Å². The van der Waals surface area contributed by atoms with Gasteiger partial charge in [-0.15, -0.1) is 0 Å². The number of hydrogen-bond donors (Lipinski definition) is 0. The molecular formula is C8H12O. The van der Waals surface area contributed by atoms with Crippen molar-refractivity contribution in [3.8, 4) is 0 Å². The zero-order chi connectivity index (χ0) is 6.70. The van der Waals surface area contributed by atoms with Gasteiger partial charge >= 0.3 is 0 Å². The van der Waals surface area contributed by atoms with Gasteiger partial charge in [0.2, 0.25) is 0 Å². The quantitative estimate of drug-likeness (QED) is 0.520. The molecule has 0 heterocycles. The highest BCUT2D eigenvalue weighted by Crippen LogP contribution is 2.78. The van der Waals surface area contributed by atoms with Crippen molar-refractivity contribution in [1.29, 1.82) is 0 Å². The van der Waals surface area contributed by atoms with Crippen LogP contribution in [0.15, 0.2) is 0 Å². The summed E-state index contributed by atoms with van der Waals surface area (Å²) in [7, 11) is 0. The molecule has 1 unspecified atom stereocenters. The molecule has 2 saturated carbocycles. The minimum atomic E-state index is 0.118. The number of ketones is 1. The summed E-state index contributed by atoms with van der Waals surface area (Å²) in [5.41, 5.74) is 0.645. The predicted molar refractivity (Wildman–Crippen MR) is 35.1 cm³/mol. The van der Waals surface area contributed by atoms with Crippen molar-refractivity contribution in [1.82, 2.24) is 0 Å². The van der Waals surface area contributed by atoms with E-state index in [0.717, 1.165) is 0 Å². The third-order valence-corrected chi connectivity index (χ3v) is 3.37. The van der Waals surface area contributed by atoms with Crippen LogP contribution in [0.1, 0.15) is 33.1 Å². The van der Waals surface area contributed by atoms with E-state index in [-0.39, 0.29) is 5.41 Å². The van der Waals surface area contributed by atoms with Crippen molar-refractivity contribution < 1.29 is 4.79 Å². The molecule has 0 radical (unpaired) electrons. The van der Waals surface area contributed by atoms with Gasteiger partial charge in [-0.05, 0) is 31.6 Å². The van der Waals surface area contributed by atoms with E-state index in [2.05, 4.69) is 6.92 Å². The first-order chi connectivity index (χ1) is 4.11. The van der Waals surface area contributed by atoms with Crippen molar-refractivity contribution in [3.05, 3.63) is 0 Å². The second-order valence-corrected chi connectivity index (χ2v) is 3.85. The Labute approximate surface area is 55.4 Å². The van der Waals surface area contributed by atoms with Crippen LogP contribution >= 0.6 is 0 Å². The Hall–Kier alpha value is -0.330. The van der Waals surface area contributed by atoms with Gasteiger partial charge in [0, 0.05) is 5.41 Å². The Morgan fingerprint density at radius 2 is 2.00 bits per heavy atom. The highest BCUT2D eigenvalue weighted by molar-refractivity contribution is 5.87. The molecular weight excluding hydrogens is 112 g/mol. The van der Waals surface area contributed by atoms with E-state index in [1.807, 2.05) is 0 Å². The molecule has 0 N–H and O–H groups in total. The lowest BCUT2D eigenvalue weighted by atomic mass is 10.0. The first-order valence-electron chi connectivity index (χ1n) is 3.62. The number of carbonyl (C=O) groups is 1. The zero-order valence-corrected chi connectivity index (χ0v) is 6.03. The number of Topliss-reactive ketones (excluding diaryl/α,β-unsaturated/α-hetero) is 1. The number of carbonyl (C=O) groups excluding carboxylic acids is 1. The molecule has 1 atom stereocenters. The maximum atomic E-state index is 11.0. The second kappa shape index (κ2) is 1.09. The Bertz CT molecular complexity index is 179. The highest BCUT2D eigenvalue weighted by Gasteiger charge is 2.73. The van der Waals surface area contributed by atoms with Gasteiger partial charge < -0.3 is 0 Å². The molecule has 1 nitrogen and oxygen atoms in total. The van der Waals surface area contributed by atoms with Gasteiger partial charge in [-0.2, -0.15) is 0 Å². The maximum absolute atomic E-state index is 11.0. The molecule has 2 aliphatic carbocycles. The summed E-state index contributed by atoms with van der Waals surface area (Å²) in [5.74, 6) is 0.403. The van der Waals surface area contributed by atoms with Crippen LogP contribution in [0.4, 0.5) is 0 Å². The third kappa shape index (κ3) is 0.440. The number of hydrogen-bond acceptors (Lipinski definition) is 1. The predicted octanol–water partition coefficient (Wildman–Crippen LogP) is 1.77. The average Bonchev–Trinajstić information content (AvgIpc) is 2.56. The molecule has 0 bridgehead atoms. The van der Waals surface area contributed by atoms with Crippen LogP contribution in [0.3, 0.4) is 0 Å². The topological polar surface area (TPSA) is 17.1 Å². The van der Waals surface area contributed by atoms with Crippen LogP contribution in [-0.2, 0) is 4.79 Å². The van der Waals surface area contributed by atoms with Gasteiger partial charge in [0.1, 0.15) is 5.78 Å². The molecule has 0 amide bonds. The Kier molecular flexibility index (Phi) is 0.662. The van der Waals surface area contributed by atoms with Crippen molar-refractivity contribution in [2.45, 2.75) is 33.1 Å². The minimum Gasteiger partial charge on any atom is -0.299 e. The van der Waals surface area contributed by atoms with E-state index < -0.39 is 0 Å². The first kappa shape index (κ1) is 5.45. The fourth-order valence-corrected chi connectivity index (χ4v) is 2.01. The van der Waals surface area contributed by atoms with Gasteiger partial charge in [-0.3, -0.25) is 4.79 Å². The van der Waals surface area contributed by atoms with E-state index in [1.165, 1.54) is 19.3 Å². The Balaban J connectivity index is 2.21. The fraction of sp³-hybridized carbons (Fsp3) is 0.875. The van der Waals surface area contributed by atoms with Crippen LogP contribution in [0.2, 0.25) is 0 Å². The second-order valence-electron chi connectivity index (χ2n) is 3.85. The summed E-state index contributed by atoms with van der Waals surface area (Å²) in [6.07, 6.45) is 3.79. The minimum absolute atomic E-state index is 0.118. The van der Waals surface area contributed by atoms with Gasteiger partial charge in [-0.25, -0.2) is 0 Å². The van der Waals surface area contributed by atoms with Gasteiger partial charge in [0.05, 0.1) is 0 Å². The van der Waals surface area contributed by atoms with Crippen molar-refractivity contribution in [2.24, 2.45) is 10.8 Å². The zero-order valence-electron chi connectivity index (χ0n) is 6.03. The van der Waals surface area contributed by atoms with E-state index >= 15 is 0 Å². The standard InChI is InChI=1S/C8H12O/c1-6(9)7(2)5-8(7)3-4-8/h3-5H2,1-2H3. The average molecular weight is 124 g/mol. The molecule has 50 valence electrons. The van der Waals surface area contributed by atoms with Crippen molar-refractivity contribution >= 4 is 5.78 Å². The van der Waals surface area contributed by atoms with Crippen LogP contribution in [0.5, 0.6) is 0 Å². The molecule has 0 aliphatic heterocycles. The third-order valence-electron chi connectivity index (χ3n) is 3.37. The summed E-state index contributed by atoms with van der Waals surface area (Å²) >= 11 is 0. The van der Waals surface area contributed by atoms with Gasteiger partial charge in [-0.1, -0.05) is 6.92 Å². The van der Waals surface area contributed by atoms with Crippen LogP contribution in [-0.4, -0.2) is 5.78 Å². The summed E-state index contributed by atoms with van der Waals surface area (Å²) in [4.78, 5) is 11.0. The van der Waals surface area contributed by atoms with E-state index in [9.17, 15) is 4.79 Å². The first-order valence-corrected chi connectivity index (χ1v) is 3.62. The summed E-state index contributed by atoms with van der Waals surface area (Å²) in [6, 6.07) is 0. The van der Waals surface area contributed by atoms with Crippen molar-refractivity contribution in [3.63, 3.8) is 0 Å². The summed E-state index contributed by atoms with van der Waals surface area (Å²) < 4.78 is 0. The molecule has 1 heteroatoms. The lowest BCUT2D eigenvalue weighted by Crippen LogP contribution is -2.09. The van der Waals surface area contributed by atoms with E-state index in [0.29, 0.717) is 11.2 Å². The molecule has 0 aromatic rings. The largest absolute Gasteiger partial charge is 0.299 e. The lowest BCUT2D eigenvalue weighted by molar-refractivity contribution is -0.122. The summed E-state index contributed by atoms with van der Waals surface area (Å²) in [5, 5.41) is 0. The Morgan fingerprint density at radius 3 is 2.11 bits per heavy atom.